The van der Waals surface area contributed by atoms with Crippen LogP contribution < -0.4 is 0 Å². The van der Waals surface area contributed by atoms with Gasteiger partial charge in [-0.05, 0) is 28.2 Å². The molecule has 118 valence electrons. The molecular weight excluding hydrogens is 300 g/mol. The second-order valence-electron chi connectivity index (χ2n) is 4.99. The summed E-state index contributed by atoms with van der Waals surface area (Å²) in [6.07, 6.45) is 1.83. The van der Waals surface area contributed by atoms with Crippen LogP contribution in [0.5, 0.6) is 0 Å². The molecule has 2 aromatic carbocycles. The number of rotatable bonds is 4. The number of hydrogen-bond acceptors (Lipinski definition) is 2. The zero-order chi connectivity index (χ0) is 15.2. The molecule has 0 aromatic heterocycles. The zero-order valence-corrected chi connectivity index (χ0v) is 14.7. The molecule has 0 heterocycles. The van der Waals surface area contributed by atoms with Crippen molar-refractivity contribution in [1.82, 2.24) is 9.80 Å². The Hall–Kier alpha value is -1.12. The Morgan fingerprint density at radius 1 is 0.952 bits per heavy atom. The Kier molecular flexibility index (Phi) is 16.1. The van der Waals surface area contributed by atoms with Crippen LogP contribution in [0.2, 0.25) is 0 Å². The van der Waals surface area contributed by atoms with Crippen molar-refractivity contribution in [3.63, 3.8) is 0 Å². The van der Waals surface area contributed by atoms with E-state index in [9.17, 15) is 0 Å². The summed E-state index contributed by atoms with van der Waals surface area (Å²) in [5, 5.41) is 0. The van der Waals surface area contributed by atoms with E-state index >= 15 is 0 Å². The van der Waals surface area contributed by atoms with Gasteiger partial charge in [-0.15, -0.1) is 18.7 Å². The normalized spacial score (nSPS) is 9.05. The fourth-order valence-corrected chi connectivity index (χ4v) is 1.25. The Labute approximate surface area is 141 Å². The standard InChI is InChI=1S/C7H7.C6H16N2.C5H5.Fe/c1-2-7-5-3-4-6-7;1-7(2)5-6-8(3)4;1-2-4-5-3-1;/h2-6H,1H2;5-6H2,1-4H3;1-5H;/q-1;;-1;+2. The maximum atomic E-state index is 3.60. The molecule has 0 spiro atoms. The van der Waals surface area contributed by atoms with Gasteiger partial charge in [-0.25, -0.2) is 12.1 Å². The van der Waals surface area contributed by atoms with E-state index in [1.807, 2.05) is 60.7 Å². The average molecular weight is 328 g/mol. The van der Waals surface area contributed by atoms with Crippen molar-refractivity contribution in [2.45, 2.75) is 0 Å². The molecule has 21 heavy (non-hydrogen) atoms. The van der Waals surface area contributed by atoms with E-state index in [-0.39, 0.29) is 17.1 Å². The molecule has 0 atom stereocenters. The van der Waals surface area contributed by atoms with Crippen LogP contribution in [0.3, 0.4) is 0 Å². The Morgan fingerprint density at radius 3 is 1.67 bits per heavy atom. The maximum Gasteiger partial charge on any atom is 2.00 e. The molecule has 0 N–H and O–H groups in total. The summed E-state index contributed by atoms with van der Waals surface area (Å²) in [7, 11) is 8.35. The molecule has 0 aliphatic carbocycles. The monoisotopic (exact) mass is 328 g/mol. The quantitative estimate of drug-likeness (QED) is 0.625. The molecule has 2 rings (SSSR count). The molecule has 0 amide bonds. The molecule has 2 nitrogen and oxygen atoms in total. The van der Waals surface area contributed by atoms with Crippen LogP contribution >= 0.6 is 0 Å². The summed E-state index contributed by atoms with van der Waals surface area (Å²) in [4.78, 5) is 4.36. The predicted octanol–water partition coefficient (Wildman–Crippen LogP) is 3.56. The van der Waals surface area contributed by atoms with Crippen LogP contribution in [-0.2, 0) is 17.1 Å². The number of hydrogen-bond donors (Lipinski definition) is 0. The largest absolute Gasteiger partial charge is 2.00 e. The summed E-state index contributed by atoms with van der Waals surface area (Å²) in [6.45, 7) is 5.89. The van der Waals surface area contributed by atoms with Crippen molar-refractivity contribution in [3.8, 4) is 0 Å². The van der Waals surface area contributed by atoms with Crippen molar-refractivity contribution >= 4 is 6.08 Å². The second-order valence-corrected chi connectivity index (χ2v) is 4.99. The van der Waals surface area contributed by atoms with Crippen LogP contribution in [0.1, 0.15) is 5.56 Å². The first-order chi connectivity index (χ1) is 9.56. The minimum atomic E-state index is 0. The molecule has 0 bridgehead atoms. The first kappa shape index (κ1) is 22.2. The first-order valence-corrected chi connectivity index (χ1v) is 6.86. The predicted molar refractivity (Wildman–Crippen MR) is 91.3 cm³/mol. The van der Waals surface area contributed by atoms with Gasteiger partial charge in [0, 0.05) is 13.1 Å². The van der Waals surface area contributed by atoms with E-state index < -0.39 is 0 Å². The van der Waals surface area contributed by atoms with Crippen LogP contribution in [-0.4, -0.2) is 51.1 Å². The van der Waals surface area contributed by atoms with E-state index in [4.69, 9.17) is 0 Å². The van der Waals surface area contributed by atoms with E-state index in [1.54, 1.807) is 0 Å². The third-order valence-corrected chi connectivity index (χ3v) is 2.47. The molecule has 0 saturated heterocycles. The summed E-state index contributed by atoms with van der Waals surface area (Å²) in [5.41, 5.74) is 1.19. The third kappa shape index (κ3) is 16.8. The van der Waals surface area contributed by atoms with Crippen molar-refractivity contribution in [2.24, 2.45) is 0 Å². The van der Waals surface area contributed by atoms with E-state index in [0.717, 1.165) is 13.1 Å². The molecule has 0 fully saturated rings. The van der Waals surface area contributed by atoms with Gasteiger partial charge < -0.3 is 9.80 Å². The van der Waals surface area contributed by atoms with Crippen LogP contribution in [0.25, 0.3) is 6.08 Å². The molecule has 0 aliphatic heterocycles. The number of likely N-dealkylation sites (N-methyl/N-ethyl adjacent to an activating group) is 2. The first-order valence-electron chi connectivity index (χ1n) is 6.86. The SMILES string of the molecule is C=Cc1ccc[cH-]1.CN(C)CCN(C)C.[Fe+2].c1cc[cH-]c1. The van der Waals surface area contributed by atoms with Gasteiger partial charge in [0.15, 0.2) is 0 Å². The average Bonchev–Trinajstić information content (AvgIpc) is 3.12. The molecular formula is C18H28FeN2. The summed E-state index contributed by atoms with van der Waals surface area (Å²) >= 11 is 0. The fourth-order valence-electron chi connectivity index (χ4n) is 1.25. The smallest absolute Gasteiger partial charge is 0.308 e. The van der Waals surface area contributed by atoms with Gasteiger partial charge >= 0.3 is 17.1 Å². The van der Waals surface area contributed by atoms with E-state index in [0.29, 0.717) is 0 Å². The summed E-state index contributed by atoms with van der Waals surface area (Å²) in [5.74, 6) is 0. The topological polar surface area (TPSA) is 6.48 Å². The molecule has 3 heteroatoms. The molecule has 0 aliphatic rings. The van der Waals surface area contributed by atoms with Gasteiger partial charge in [0.2, 0.25) is 0 Å². The third-order valence-electron chi connectivity index (χ3n) is 2.47. The van der Waals surface area contributed by atoms with Gasteiger partial charge in [0.1, 0.15) is 0 Å². The van der Waals surface area contributed by atoms with Crippen LogP contribution in [0.15, 0.2) is 61.2 Å². The molecule has 0 saturated carbocycles. The van der Waals surface area contributed by atoms with Crippen LogP contribution in [0, 0.1) is 0 Å². The van der Waals surface area contributed by atoms with Crippen molar-refractivity contribution < 1.29 is 17.1 Å². The molecule has 2 aromatic rings. The summed E-state index contributed by atoms with van der Waals surface area (Å²) in [6, 6.07) is 18.0. The minimum absolute atomic E-state index is 0. The maximum absolute atomic E-state index is 3.60. The van der Waals surface area contributed by atoms with Gasteiger partial charge in [0.25, 0.3) is 0 Å². The second kappa shape index (κ2) is 15.3. The van der Waals surface area contributed by atoms with Gasteiger partial charge in [-0.2, -0.15) is 42.0 Å². The fraction of sp³-hybridized carbons (Fsp3) is 0.333. The van der Waals surface area contributed by atoms with Gasteiger partial charge in [-0.3, -0.25) is 0 Å². The summed E-state index contributed by atoms with van der Waals surface area (Å²) < 4.78 is 0. The van der Waals surface area contributed by atoms with Crippen molar-refractivity contribution in [3.05, 3.63) is 66.7 Å². The minimum Gasteiger partial charge on any atom is -0.308 e. The van der Waals surface area contributed by atoms with Crippen molar-refractivity contribution in [2.75, 3.05) is 41.3 Å². The van der Waals surface area contributed by atoms with E-state index in [1.165, 1.54) is 5.56 Å². The Morgan fingerprint density at radius 2 is 1.48 bits per heavy atom. The molecule has 0 radical (unpaired) electrons. The van der Waals surface area contributed by atoms with Crippen molar-refractivity contribution in [1.29, 1.82) is 0 Å². The number of nitrogens with zero attached hydrogens (tertiary/aromatic N) is 2. The van der Waals surface area contributed by atoms with Gasteiger partial charge in [0.05, 0.1) is 0 Å². The molecule has 0 unspecified atom stereocenters. The Bertz CT molecular complexity index is 364. The van der Waals surface area contributed by atoms with E-state index in [2.05, 4.69) is 44.6 Å². The Balaban J connectivity index is 0. The van der Waals surface area contributed by atoms with Crippen LogP contribution in [0.4, 0.5) is 0 Å². The van der Waals surface area contributed by atoms with Gasteiger partial charge in [-0.1, -0.05) is 0 Å². The zero-order valence-electron chi connectivity index (χ0n) is 13.6.